The molecule has 2 aromatic rings. The van der Waals surface area contributed by atoms with Crippen molar-refractivity contribution < 1.29 is 9.53 Å². The topological polar surface area (TPSA) is 63.2 Å². The van der Waals surface area contributed by atoms with E-state index in [2.05, 4.69) is 15.6 Å². The zero-order valence-electron chi connectivity index (χ0n) is 12.6. The molecule has 0 unspecified atom stereocenters. The molecule has 2 N–H and O–H groups in total. The first kappa shape index (κ1) is 20.6. The number of benzene rings is 1. The molecule has 0 radical (unpaired) electrons. The first-order valence-electron chi connectivity index (χ1n) is 6.56. The summed E-state index contributed by atoms with van der Waals surface area (Å²) in [4.78, 5) is 16.2. The number of anilines is 1. The Morgan fingerprint density at radius 1 is 1.27 bits per heavy atom. The highest BCUT2D eigenvalue weighted by atomic mass is 35.5. The third-order valence-electron chi connectivity index (χ3n) is 3.01. The van der Waals surface area contributed by atoms with Gasteiger partial charge in [0.25, 0.3) is 0 Å². The molecule has 0 atom stereocenters. The second-order valence-electron chi connectivity index (χ2n) is 4.55. The number of pyridine rings is 1. The maximum Gasteiger partial charge on any atom is 0.238 e. The van der Waals surface area contributed by atoms with Crippen LogP contribution in [0.1, 0.15) is 5.56 Å². The molecule has 122 valence electrons. The van der Waals surface area contributed by atoms with Crippen LogP contribution in [0, 0.1) is 6.92 Å². The number of aromatic nitrogens is 1. The molecule has 0 aliphatic carbocycles. The number of fused-ring (bicyclic) bond motifs is 1. The summed E-state index contributed by atoms with van der Waals surface area (Å²) >= 11 is 0. The van der Waals surface area contributed by atoms with Crippen molar-refractivity contribution >= 4 is 47.3 Å². The minimum atomic E-state index is -0.0740. The number of nitrogens with zero attached hydrogens (tertiary/aromatic N) is 1. The van der Waals surface area contributed by atoms with Gasteiger partial charge in [-0.1, -0.05) is 6.07 Å². The number of carbonyl (C=O) groups excluding carboxylic acids is 1. The highest BCUT2D eigenvalue weighted by Gasteiger charge is 2.07. The van der Waals surface area contributed by atoms with Crippen molar-refractivity contribution in [3.8, 4) is 0 Å². The van der Waals surface area contributed by atoms with Crippen molar-refractivity contribution in [2.24, 2.45) is 0 Å². The van der Waals surface area contributed by atoms with Crippen LogP contribution in [0.3, 0.4) is 0 Å². The minimum absolute atomic E-state index is 0. The van der Waals surface area contributed by atoms with Gasteiger partial charge in [0, 0.05) is 25.2 Å². The number of halogens is 2. The van der Waals surface area contributed by atoms with Crippen LogP contribution in [0.4, 0.5) is 5.69 Å². The third-order valence-corrected chi connectivity index (χ3v) is 3.01. The summed E-state index contributed by atoms with van der Waals surface area (Å²) < 4.78 is 4.91. The van der Waals surface area contributed by atoms with E-state index in [1.807, 2.05) is 31.2 Å². The lowest BCUT2D eigenvalue weighted by Gasteiger charge is -2.10. The number of nitrogens with one attached hydrogen (secondary N) is 2. The predicted octanol–water partition coefficient (Wildman–Crippen LogP) is 2.56. The van der Waals surface area contributed by atoms with Crippen LogP contribution >= 0.6 is 24.8 Å². The molecule has 1 aromatic heterocycles. The van der Waals surface area contributed by atoms with Crippen molar-refractivity contribution in [1.82, 2.24) is 10.3 Å². The van der Waals surface area contributed by atoms with Crippen molar-refractivity contribution in [3.63, 3.8) is 0 Å². The van der Waals surface area contributed by atoms with Gasteiger partial charge in [0.2, 0.25) is 5.91 Å². The average molecular weight is 346 g/mol. The summed E-state index contributed by atoms with van der Waals surface area (Å²) in [6, 6.07) is 7.70. The summed E-state index contributed by atoms with van der Waals surface area (Å²) in [5.74, 6) is -0.0740. The Morgan fingerprint density at radius 2 is 2.05 bits per heavy atom. The molecule has 0 aliphatic rings. The normalized spacial score (nSPS) is 9.73. The summed E-state index contributed by atoms with van der Waals surface area (Å²) in [5.41, 5.74) is 2.80. The third kappa shape index (κ3) is 5.42. The van der Waals surface area contributed by atoms with Crippen molar-refractivity contribution in [2.75, 3.05) is 32.1 Å². The number of hydrogen-bond donors (Lipinski definition) is 2. The minimum Gasteiger partial charge on any atom is -0.383 e. The van der Waals surface area contributed by atoms with Gasteiger partial charge in [0.05, 0.1) is 24.4 Å². The molecule has 0 fully saturated rings. The lowest BCUT2D eigenvalue weighted by Crippen LogP contribution is -2.30. The zero-order chi connectivity index (χ0) is 14.4. The van der Waals surface area contributed by atoms with E-state index in [4.69, 9.17) is 4.74 Å². The van der Waals surface area contributed by atoms with Gasteiger partial charge in [0.1, 0.15) is 0 Å². The molecular formula is C15H21Cl2N3O2. The molecule has 0 aliphatic heterocycles. The summed E-state index contributed by atoms with van der Waals surface area (Å²) in [6.45, 7) is 3.51. The van der Waals surface area contributed by atoms with E-state index >= 15 is 0 Å². The summed E-state index contributed by atoms with van der Waals surface area (Å²) in [5, 5.41) is 6.88. The number of carbonyl (C=O) groups is 1. The lowest BCUT2D eigenvalue weighted by atomic mass is 10.1. The van der Waals surface area contributed by atoms with Crippen LogP contribution in [-0.2, 0) is 9.53 Å². The van der Waals surface area contributed by atoms with E-state index in [0.717, 1.165) is 22.2 Å². The van der Waals surface area contributed by atoms with E-state index in [9.17, 15) is 4.79 Å². The van der Waals surface area contributed by atoms with Gasteiger partial charge in [-0.15, -0.1) is 24.8 Å². The first-order chi connectivity index (χ1) is 9.72. The Hall–Kier alpha value is -1.40. The Morgan fingerprint density at radius 3 is 2.77 bits per heavy atom. The van der Waals surface area contributed by atoms with Crippen molar-refractivity contribution in [2.45, 2.75) is 6.92 Å². The van der Waals surface area contributed by atoms with Gasteiger partial charge in [-0.3, -0.25) is 9.78 Å². The summed E-state index contributed by atoms with van der Waals surface area (Å²) in [6.07, 6.45) is 1.76. The van der Waals surface area contributed by atoms with E-state index in [0.29, 0.717) is 13.2 Å². The molecule has 7 heteroatoms. The monoisotopic (exact) mass is 345 g/mol. The van der Waals surface area contributed by atoms with E-state index < -0.39 is 0 Å². The molecule has 22 heavy (non-hydrogen) atoms. The van der Waals surface area contributed by atoms with Crippen molar-refractivity contribution in [3.05, 3.63) is 36.0 Å². The van der Waals surface area contributed by atoms with E-state index in [1.165, 1.54) is 0 Å². The maximum atomic E-state index is 11.9. The molecule has 0 spiro atoms. The maximum absolute atomic E-state index is 11.9. The summed E-state index contributed by atoms with van der Waals surface area (Å²) in [7, 11) is 1.63. The fourth-order valence-corrected chi connectivity index (χ4v) is 1.99. The smallest absolute Gasteiger partial charge is 0.238 e. The Kier molecular flexibility index (Phi) is 9.69. The van der Waals surface area contributed by atoms with Gasteiger partial charge in [-0.05, 0) is 30.7 Å². The molecule has 2 rings (SSSR count). The molecule has 1 heterocycles. The van der Waals surface area contributed by atoms with E-state index in [1.54, 1.807) is 13.3 Å². The average Bonchev–Trinajstić information content (AvgIpc) is 2.47. The number of ether oxygens (including phenoxy) is 1. The highest BCUT2D eigenvalue weighted by Crippen LogP contribution is 2.24. The number of methoxy groups -OCH3 is 1. The van der Waals surface area contributed by atoms with E-state index in [-0.39, 0.29) is 37.3 Å². The van der Waals surface area contributed by atoms with Crippen molar-refractivity contribution in [1.29, 1.82) is 0 Å². The number of hydrogen-bond acceptors (Lipinski definition) is 4. The zero-order valence-corrected chi connectivity index (χ0v) is 14.2. The largest absolute Gasteiger partial charge is 0.383 e. The first-order valence-corrected chi connectivity index (χ1v) is 6.56. The molecule has 0 saturated carbocycles. The molecular weight excluding hydrogens is 325 g/mol. The second kappa shape index (κ2) is 10.3. The number of aryl methyl sites for hydroxylation is 1. The van der Waals surface area contributed by atoms with Crippen LogP contribution in [0.5, 0.6) is 0 Å². The van der Waals surface area contributed by atoms with Gasteiger partial charge < -0.3 is 15.4 Å². The van der Waals surface area contributed by atoms with Crippen LogP contribution in [-0.4, -0.2) is 37.7 Å². The molecule has 5 nitrogen and oxygen atoms in total. The van der Waals surface area contributed by atoms with Crippen LogP contribution in [0.15, 0.2) is 30.5 Å². The molecule has 0 bridgehead atoms. The fourth-order valence-electron chi connectivity index (χ4n) is 1.99. The van der Waals surface area contributed by atoms with Crippen LogP contribution in [0.25, 0.3) is 10.9 Å². The number of amides is 1. The molecule has 1 aromatic carbocycles. The van der Waals surface area contributed by atoms with Crippen LogP contribution in [0.2, 0.25) is 0 Å². The number of rotatable bonds is 6. The Bertz CT molecular complexity index is 608. The van der Waals surface area contributed by atoms with Gasteiger partial charge in [0.15, 0.2) is 0 Å². The molecule has 0 saturated heterocycles. The van der Waals surface area contributed by atoms with Gasteiger partial charge in [-0.2, -0.15) is 0 Å². The highest BCUT2D eigenvalue weighted by molar-refractivity contribution is 6.02. The van der Waals surface area contributed by atoms with Gasteiger partial charge in [-0.25, -0.2) is 0 Å². The SMILES string of the molecule is COCCNCC(=O)Nc1ccc(C)c2ncccc12.Cl.Cl. The van der Waals surface area contributed by atoms with Crippen LogP contribution < -0.4 is 10.6 Å². The lowest BCUT2D eigenvalue weighted by molar-refractivity contribution is -0.115. The predicted molar refractivity (Wildman–Crippen MR) is 94.4 cm³/mol. The fraction of sp³-hybridized carbons (Fsp3) is 0.333. The second-order valence-corrected chi connectivity index (χ2v) is 4.55. The quantitative estimate of drug-likeness (QED) is 0.789. The molecule has 1 amide bonds. The van der Waals surface area contributed by atoms with Gasteiger partial charge >= 0.3 is 0 Å². The Balaban J connectivity index is 0.00000220. The standard InChI is InChI=1S/C15H19N3O2.2ClH/c1-11-5-6-13(12-4-3-7-17-15(11)12)18-14(19)10-16-8-9-20-2;;/h3-7,16H,8-10H2,1-2H3,(H,18,19);2*1H. The Labute approximate surface area is 142 Å².